The Balaban J connectivity index is 1.54. The summed E-state index contributed by atoms with van der Waals surface area (Å²) in [6.45, 7) is 1.81. The normalized spacial score (nSPS) is 16.0. The molecule has 1 unspecified atom stereocenters. The molecule has 4 rings (SSSR count). The van der Waals surface area contributed by atoms with Gasteiger partial charge in [-0.1, -0.05) is 23.7 Å². The largest absolute Gasteiger partial charge is 0.483 e. The standard InChI is InChI=1S/C19H14ClFN2O3/c1-10-8-14(24)18-15(7-6-13(21)17(10)18)25-9-16-22-19(23-26-16)11-2-4-12(20)5-3-11/h2-7,10H,8-9H2,1H3. The van der Waals surface area contributed by atoms with E-state index in [1.54, 1.807) is 24.3 Å². The van der Waals surface area contributed by atoms with Crippen LogP contribution in [0.5, 0.6) is 5.75 Å². The van der Waals surface area contributed by atoms with E-state index in [-0.39, 0.29) is 36.4 Å². The van der Waals surface area contributed by atoms with Crippen molar-refractivity contribution in [3.05, 3.63) is 64.3 Å². The highest BCUT2D eigenvalue weighted by molar-refractivity contribution is 6.30. The highest BCUT2D eigenvalue weighted by Crippen LogP contribution is 2.39. The molecule has 7 heteroatoms. The first-order chi connectivity index (χ1) is 12.5. The van der Waals surface area contributed by atoms with Crippen molar-refractivity contribution < 1.29 is 18.4 Å². The Morgan fingerprint density at radius 2 is 2.04 bits per heavy atom. The van der Waals surface area contributed by atoms with Gasteiger partial charge < -0.3 is 9.26 Å². The summed E-state index contributed by atoms with van der Waals surface area (Å²) in [5.74, 6) is 0.353. The van der Waals surface area contributed by atoms with Gasteiger partial charge >= 0.3 is 0 Å². The molecule has 2 aromatic carbocycles. The second kappa shape index (κ2) is 6.53. The molecule has 0 bridgehead atoms. The lowest BCUT2D eigenvalue weighted by molar-refractivity contribution is 0.0985. The van der Waals surface area contributed by atoms with Crippen molar-refractivity contribution in [2.45, 2.75) is 25.9 Å². The van der Waals surface area contributed by atoms with E-state index in [1.165, 1.54) is 12.1 Å². The molecule has 0 radical (unpaired) electrons. The zero-order chi connectivity index (χ0) is 18.3. The average Bonchev–Trinajstić information content (AvgIpc) is 3.20. The van der Waals surface area contributed by atoms with Crippen LogP contribution in [-0.2, 0) is 6.61 Å². The summed E-state index contributed by atoms with van der Waals surface area (Å²) in [5, 5.41) is 4.52. The van der Waals surface area contributed by atoms with Gasteiger partial charge in [0.2, 0.25) is 5.82 Å². The summed E-state index contributed by atoms with van der Waals surface area (Å²) in [7, 11) is 0. The summed E-state index contributed by atoms with van der Waals surface area (Å²) in [4.78, 5) is 16.4. The molecule has 0 spiro atoms. The number of carbonyl (C=O) groups is 1. The first-order valence-electron chi connectivity index (χ1n) is 8.10. The van der Waals surface area contributed by atoms with Crippen molar-refractivity contribution in [3.63, 3.8) is 0 Å². The topological polar surface area (TPSA) is 65.2 Å². The molecule has 1 aliphatic carbocycles. The van der Waals surface area contributed by atoms with Crippen LogP contribution in [0.4, 0.5) is 4.39 Å². The number of benzene rings is 2. The summed E-state index contributed by atoms with van der Waals surface area (Å²) < 4.78 is 24.9. The molecule has 1 heterocycles. The Morgan fingerprint density at radius 3 is 2.81 bits per heavy atom. The fourth-order valence-corrected chi connectivity index (χ4v) is 3.24. The fraction of sp³-hybridized carbons (Fsp3) is 0.211. The lowest BCUT2D eigenvalue weighted by atomic mass is 10.0. The van der Waals surface area contributed by atoms with Gasteiger partial charge in [-0.15, -0.1) is 0 Å². The Kier molecular flexibility index (Phi) is 4.20. The van der Waals surface area contributed by atoms with E-state index in [4.69, 9.17) is 20.9 Å². The van der Waals surface area contributed by atoms with E-state index in [1.807, 2.05) is 6.92 Å². The number of carbonyl (C=O) groups excluding carboxylic acids is 1. The maximum absolute atomic E-state index is 14.0. The second-order valence-corrected chi connectivity index (χ2v) is 6.61. The summed E-state index contributed by atoms with van der Waals surface area (Å²) in [5.41, 5.74) is 1.49. The first kappa shape index (κ1) is 16.7. The van der Waals surface area contributed by atoms with Crippen LogP contribution in [-0.4, -0.2) is 15.9 Å². The third-order valence-electron chi connectivity index (χ3n) is 4.34. The van der Waals surface area contributed by atoms with Crippen LogP contribution in [0.25, 0.3) is 11.4 Å². The molecule has 0 saturated heterocycles. The SMILES string of the molecule is CC1CC(=O)c2c(OCc3nc(-c4ccc(Cl)cc4)no3)ccc(F)c21. The molecule has 132 valence electrons. The average molecular weight is 373 g/mol. The Hall–Kier alpha value is -2.73. The molecule has 1 aliphatic rings. The minimum Gasteiger partial charge on any atom is -0.483 e. The van der Waals surface area contributed by atoms with E-state index in [2.05, 4.69) is 10.1 Å². The third kappa shape index (κ3) is 2.97. The number of rotatable bonds is 4. The number of ether oxygens (including phenoxy) is 1. The Morgan fingerprint density at radius 1 is 1.27 bits per heavy atom. The van der Waals surface area contributed by atoms with Crippen LogP contribution in [0.2, 0.25) is 5.02 Å². The molecule has 0 saturated carbocycles. The van der Waals surface area contributed by atoms with Crippen LogP contribution >= 0.6 is 11.6 Å². The molecule has 0 amide bonds. The van der Waals surface area contributed by atoms with Crippen LogP contribution in [0.15, 0.2) is 40.9 Å². The molecule has 26 heavy (non-hydrogen) atoms. The van der Waals surface area contributed by atoms with E-state index < -0.39 is 0 Å². The van der Waals surface area contributed by atoms with Crippen molar-refractivity contribution in [2.75, 3.05) is 0 Å². The van der Waals surface area contributed by atoms with Gasteiger partial charge in [0, 0.05) is 22.6 Å². The minimum absolute atomic E-state index is 0.0136. The molecule has 0 N–H and O–H groups in total. The van der Waals surface area contributed by atoms with E-state index >= 15 is 0 Å². The zero-order valence-electron chi connectivity index (χ0n) is 13.8. The van der Waals surface area contributed by atoms with Crippen molar-refractivity contribution in [3.8, 4) is 17.1 Å². The van der Waals surface area contributed by atoms with Gasteiger partial charge in [-0.05, 0) is 42.3 Å². The number of ketones is 1. The maximum Gasteiger partial charge on any atom is 0.264 e. The minimum atomic E-state index is -0.381. The fourth-order valence-electron chi connectivity index (χ4n) is 3.12. The van der Waals surface area contributed by atoms with Gasteiger partial charge in [0.15, 0.2) is 12.4 Å². The Bertz CT molecular complexity index is 985. The van der Waals surface area contributed by atoms with Gasteiger partial charge in [-0.3, -0.25) is 4.79 Å². The summed E-state index contributed by atoms with van der Waals surface area (Å²) >= 11 is 5.86. The molecule has 0 fully saturated rings. The molecular formula is C19H14ClFN2O3. The monoisotopic (exact) mass is 372 g/mol. The second-order valence-electron chi connectivity index (χ2n) is 6.17. The molecule has 3 aromatic rings. The van der Waals surface area contributed by atoms with Crippen LogP contribution in [0.3, 0.4) is 0 Å². The lowest BCUT2D eigenvalue weighted by Crippen LogP contribution is -2.03. The molecular weight excluding hydrogens is 359 g/mol. The van der Waals surface area contributed by atoms with E-state index in [9.17, 15) is 9.18 Å². The first-order valence-corrected chi connectivity index (χ1v) is 8.47. The van der Waals surface area contributed by atoms with E-state index in [0.717, 1.165) is 5.56 Å². The van der Waals surface area contributed by atoms with Crippen molar-refractivity contribution in [1.82, 2.24) is 10.1 Å². The van der Waals surface area contributed by atoms with Gasteiger partial charge in [0.1, 0.15) is 11.6 Å². The van der Waals surface area contributed by atoms with Gasteiger partial charge in [0.05, 0.1) is 5.56 Å². The number of hydrogen-bond donors (Lipinski definition) is 0. The van der Waals surface area contributed by atoms with Crippen LogP contribution in [0, 0.1) is 5.82 Å². The number of nitrogens with zero attached hydrogens (tertiary/aromatic N) is 2. The van der Waals surface area contributed by atoms with Crippen LogP contribution in [0.1, 0.15) is 41.1 Å². The third-order valence-corrected chi connectivity index (χ3v) is 4.59. The smallest absolute Gasteiger partial charge is 0.264 e. The molecule has 5 nitrogen and oxygen atoms in total. The number of hydrogen-bond acceptors (Lipinski definition) is 5. The highest BCUT2D eigenvalue weighted by Gasteiger charge is 2.32. The molecule has 1 atom stereocenters. The van der Waals surface area contributed by atoms with Crippen molar-refractivity contribution >= 4 is 17.4 Å². The predicted octanol–water partition coefficient (Wildman–Crippen LogP) is 4.80. The van der Waals surface area contributed by atoms with Gasteiger partial charge in [0.25, 0.3) is 5.89 Å². The number of Topliss-reactive ketones (excluding diaryl/α,β-unsaturated/α-hetero) is 1. The zero-order valence-corrected chi connectivity index (χ0v) is 14.6. The van der Waals surface area contributed by atoms with Crippen molar-refractivity contribution in [2.24, 2.45) is 0 Å². The van der Waals surface area contributed by atoms with Crippen LogP contribution < -0.4 is 4.74 Å². The van der Waals surface area contributed by atoms with Gasteiger partial charge in [-0.25, -0.2) is 4.39 Å². The quantitative estimate of drug-likeness (QED) is 0.658. The number of halogens is 2. The number of aromatic nitrogens is 2. The highest BCUT2D eigenvalue weighted by atomic mass is 35.5. The Labute approximate surface area is 153 Å². The molecule has 0 aliphatic heterocycles. The number of fused-ring (bicyclic) bond motifs is 1. The lowest BCUT2D eigenvalue weighted by Gasteiger charge is -2.10. The van der Waals surface area contributed by atoms with Gasteiger partial charge in [-0.2, -0.15) is 4.98 Å². The van der Waals surface area contributed by atoms with Crippen molar-refractivity contribution in [1.29, 1.82) is 0 Å². The maximum atomic E-state index is 14.0. The van der Waals surface area contributed by atoms with E-state index in [0.29, 0.717) is 27.7 Å². The predicted molar refractivity (Wildman–Crippen MR) is 92.8 cm³/mol. The summed E-state index contributed by atoms with van der Waals surface area (Å²) in [6, 6.07) is 9.81. The summed E-state index contributed by atoms with van der Waals surface area (Å²) in [6.07, 6.45) is 0.286. The molecule has 1 aromatic heterocycles.